The van der Waals surface area contributed by atoms with E-state index in [9.17, 15) is 14.8 Å². The molecule has 2 aliphatic rings. The molecule has 0 aromatic carbocycles. The third-order valence-corrected chi connectivity index (χ3v) is 6.22. The summed E-state index contributed by atoms with van der Waals surface area (Å²) in [7, 11) is 2.01. The van der Waals surface area contributed by atoms with Crippen LogP contribution in [0, 0.1) is 11.8 Å². The molecule has 33 heavy (non-hydrogen) atoms. The predicted octanol–water partition coefficient (Wildman–Crippen LogP) is 1.32. The normalized spacial score (nSPS) is 21.9. The van der Waals surface area contributed by atoms with E-state index < -0.39 is 17.7 Å². The van der Waals surface area contributed by atoms with E-state index in [0.29, 0.717) is 23.9 Å². The minimum absolute atomic E-state index is 0.0514. The van der Waals surface area contributed by atoms with Crippen molar-refractivity contribution in [1.29, 1.82) is 0 Å². The van der Waals surface area contributed by atoms with Crippen molar-refractivity contribution in [3.63, 3.8) is 0 Å². The third kappa shape index (κ3) is 8.01. The number of amides is 2. The molecular formula is C22H38FN7O3. The number of hydroxylamine groups is 2. The van der Waals surface area contributed by atoms with Crippen LogP contribution in [0.3, 0.4) is 0 Å². The first-order chi connectivity index (χ1) is 15.6. The molecule has 0 bridgehead atoms. The minimum atomic E-state index is -0.722. The zero-order chi connectivity index (χ0) is 24.5. The number of hydrogen-bond donors (Lipinski definition) is 4. The molecule has 1 aliphatic carbocycles. The Morgan fingerprint density at radius 2 is 2.03 bits per heavy atom. The number of amidine groups is 1. The smallest absolute Gasteiger partial charge is 0.243 e. The molecule has 0 unspecified atom stereocenters. The highest BCUT2D eigenvalue weighted by Gasteiger charge is 2.28. The second-order valence-corrected chi connectivity index (χ2v) is 9.09. The number of hydrogen-bond acceptors (Lipinski definition) is 7. The summed E-state index contributed by atoms with van der Waals surface area (Å²) in [5, 5.41) is 10.1. The molecule has 1 saturated heterocycles. The molecule has 2 amide bonds. The summed E-state index contributed by atoms with van der Waals surface area (Å²) >= 11 is 0. The maximum absolute atomic E-state index is 15.4. The fourth-order valence-corrected chi connectivity index (χ4v) is 4.52. The topological polar surface area (TPSA) is 127 Å². The summed E-state index contributed by atoms with van der Waals surface area (Å²) in [6.45, 7) is 9.38. The number of piperazine rings is 1. The number of carbonyl (C=O) groups excluding carboxylic acids is 2. The monoisotopic (exact) mass is 467 g/mol. The van der Waals surface area contributed by atoms with Crippen molar-refractivity contribution in [3.8, 4) is 0 Å². The van der Waals surface area contributed by atoms with Gasteiger partial charge in [-0.3, -0.25) is 25.6 Å². The maximum atomic E-state index is 15.4. The Morgan fingerprint density at radius 3 is 2.61 bits per heavy atom. The van der Waals surface area contributed by atoms with Gasteiger partial charge in [-0.2, -0.15) is 0 Å². The molecule has 0 aromatic rings. The van der Waals surface area contributed by atoms with E-state index in [2.05, 4.69) is 27.3 Å². The van der Waals surface area contributed by atoms with E-state index in [4.69, 9.17) is 5.73 Å². The zero-order valence-corrected chi connectivity index (χ0v) is 19.9. The molecule has 2 fully saturated rings. The number of likely N-dealkylation sites (N-methyl/N-ethyl adjacent to an activating group) is 1. The fourth-order valence-electron chi connectivity index (χ4n) is 4.52. The number of carbonyl (C=O) groups is 2. The largest absolute Gasteiger partial charge is 0.387 e. The first-order valence-electron chi connectivity index (χ1n) is 11.4. The number of nitrogens with zero attached hydrogens (tertiary/aromatic N) is 4. The second-order valence-electron chi connectivity index (χ2n) is 9.09. The molecule has 1 aliphatic heterocycles. The highest BCUT2D eigenvalue weighted by molar-refractivity contribution is 5.80. The lowest BCUT2D eigenvalue weighted by Gasteiger charge is -2.40. The third-order valence-electron chi connectivity index (χ3n) is 6.22. The molecule has 0 radical (unpaired) electrons. The van der Waals surface area contributed by atoms with Crippen LogP contribution in [-0.4, -0.2) is 77.5 Å². The Balaban J connectivity index is 2.13. The molecule has 1 saturated carbocycles. The van der Waals surface area contributed by atoms with Crippen LogP contribution in [0.5, 0.6) is 0 Å². The standard InChI is InChI=1S/C22H38FN7O3/c1-15-12-28(4)9-10-30(15)16(2)20(23)21(25-17(3)24)26-27-22(32)19(13-29(33)14-31)11-18-7-5-6-8-18/h14-15,18-19,26,33H,2,5-13H2,1,3-4H3,(H2,24,25)(H,27,32)/b21-20-/t15-,19+/m0/s1. The second kappa shape index (κ2) is 12.5. The summed E-state index contributed by atoms with van der Waals surface area (Å²) in [6, 6.07) is 0.0514. The number of rotatable bonds is 11. The average Bonchev–Trinajstić information content (AvgIpc) is 3.27. The number of nitrogens with one attached hydrogen (secondary N) is 2. The Kier molecular flexibility index (Phi) is 10.1. The minimum Gasteiger partial charge on any atom is -0.387 e. The lowest BCUT2D eigenvalue weighted by Crippen LogP contribution is -2.50. The molecular weight excluding hydrogens is 429 g/mol. The molecule has 11 heteroatoms. The summed E-state index contributed by atoms with van der Waals surface area (Å²) in [6.07, 6.45) is 4.99. The quantitative estimate of drug-likeness (QED) is 0.0901. The van der Waals surface area contributed by atoms with Gasteiger partial charge >= 0.3 is 0 Å². The van der Waals surface area contributed by atoms with Crippen molar-refractivity contribution in [1.82, 2.24) is 25.7 Å². The van der Waals surface area contributed by atoms with Crippen LogP contribution in [0.15, 0.2) is 28.9 Å². The number of nitrogens with two attached hydrogens (primary N) is 1. The highest BCUT2D eigenvalue weighted by Crippen LogP contribution is 2.30. The van der Waals surface area contributed by atoms with E-state index in [1.807, 2.05) is 18.9 Å². The number of halogens is 1. The van der Waals surface area contributed by atoms with Gasteiger partial charge in [0.05, 0.1) is 24.0 Å². The van der Waals surface area contributed by atoms with Gasteiger partial charge in [0.15, 0.2) is 11.6 Å². The first kappa shape index (κ1) is 26.6. The molecule has 186 valence electrons. The van der Waals surface area contributed by atoms with Gasteiger partial charge in [-0.1, -0.05) is 32.3 Å². The van der Waals surface area contributed by atoms with E-state index in [-0.39, 0.29) is 36.4 Å². The van der Waals surface area contributed by atoms with E-state index in [1.165, 1.54) is 6.92 Å². The lowest BCUT2D eigenvalue weighted by molar-refractivity contribution is -0.155. The Morgan fingerprint density at radius 1 is 1.36 bits per heavy atom. The first-order valence-corrected chi connectivity index (χ1v) is 11.4. The van der Waals surface area contributed by atoms with Gasteiger partial charge in [0, 0.05) is 25.7 Å². The Hall–Kier alpha value is -2.66. The summed E-state index contributed by atoms with van der Waals surface area (Å²) < 4.78 is 15.4. The average molecular weight is 468 g/mol. The van der Waals surface area contributed by atoms with Crippen LogP contribution in [0.1, 0.15) is 46.0 Å². The maximum Gasteiger partial charge on any atom is 0.243 e. The summed E-state index contributed by atoms with van der Waals surface area (Å²) in [5.41, 5.74) is 10.9. The van der Waals surface area contributed by atoms with Crippen molar-refractivity contribution in [2.24, 2.45) is 22.6 Å². The van der Waals surface area contributed by atoms with Crippen molar-refractivity contribution < 1.29 is 19.2 Å². The predicted molar refractivity (Wildman–Crippen MR) is 124 cm³/mol. The molecule has 1 heterocycles. The van der Waals surface area contributed by atoms with Crippen LogP contribution in [0.4, 0.5) is 4.39 Å². The molecule has 2 atom stereocenters. The van der Waals surface area contributed by atoms with Crippen LogP contribution in [0.25, 0.3) is 0 Å². The molecule has 10 nitrogen and oxygen atoms in total. The van der Waals surface area contributed by atoms with E-state index in [1.54, 1.807) is 0 Å². The number of allylic oxidation sites excluding steroid dienone is 1. The molecule has 0 aromatic heterocycles. The number of aliphatic imine (C=N–C) groups is 1. The Labute approximate surface area is 195 Å². The SMILES string of the molecule is C=C(/C(F)=C(\N=C(C)N)NNC(=O)[C@H](CC1CCCC1)CN(O)C=O)N1CCN(C)C[C@@H]1C. The fraction of sp³-hybridized carbons (Fsp3) is 0.682. The van der Waals surface area contributed by atoms with Crippen LogP contribution in [0.2, 0.25) is 0 Å². The van der Waals surface area contributed by atoms with Gasteiger partial charge in [-0.25, -0.2) is 14.4 Å². The van der Waals surface area contributed by atoms with E-state index >= 15 is 4.39 Å². The van der Waals surface area contributed by atoms with Gasteiger partial charge in [0.2, 0.25) is 12.3 Å². The van der Waals surface area contributed by atoms with Crippen molar-refractivity contribution in [3.05, 3.63) is 23.9 Å². The summed E-state index contributed by atoms with van der Waals surface area (Å²) in [4.78, 5) is 31.8. The van der Waals surface area contributed by atoms with E-state index in [0.717, 1.165) is 38.8 Å². The van der Waals surface area contributed by atoms with Crippen LogP contribution >= 0.6 is 0 Å². The van der Waals surface area contributed by atoms with Crippen molar-refractivity contribution >= 4 is 18.2 Å². The zero-order valence-electron chi connectivity index (χ0n) is 19.9. The van der Waals surface area contributed by atoms with Gasteiger partial charge < -0.3 is 15.5 Å². The van der Waals surface area contributed by atoms with Crippen LogP contribution in [-0.2, 0) is 9.59 Å². The lowest BCUT2D eigenvalue weighted by atomic mass is 9.92. The molecule has 0 spiro atoms. The van der Waals surface area contributed by atoms with Gasteiger partial charge in [-0.15, -0.1) is 0 Å². The molecule has 2 rings (SSSR count). The highest BCUT2D eigenvalue weighted by atomic mass is 19.1. The van der Waals surface area contributed by atoms with Gasteiger partial charge in [0.1, 0.15) is 0 Å². The van der Waals surface area contributed by atoms with Crippen LogP contribution < -0.4 is 16.6 Å². The van der Waals surface area contributed by atoms with Gasteiger partial charge in [-0.05, 0) is 33.2 Å². The number of hydrazine groups is 1. The summed E-state index contributed by atoms with van der Waals surface area (Å²) in [5.74, 6) is -1.67. The van der Waals surface area contributed by atoms with Crippen molar-refractivity contribution in [2.45, 2.75) is 52.0 Å². The molecule has 5 N–H and O–H groups in total. The van der Waals surface area contributed by atoms with Crippen molar-refractivity contribution in [2.75, 3.05) is 33.2 Å². The Bertz CT molecular complexity index is 763. The van der Waals surface area contributed by atoms with Gasteiger partial charge in [0.25, 0.3) is 0 Å².